The summed E-state index contributed by atoms with van der Waals surface area (Å²) in [6, 6.07) is 5.61. The fraction of sp³-hybridized carbons (Fsp3) is 0.154. The van der Waals surface area contributed by atoms with Gasteiger partial charge < -0.3 is 10.1 Å². The molecule has 1 N–H and O–H groups in total. The van der Waals surface area contributed by atoms with Crippen molar-refractivity contribution in [2.45, 2.75) is 13.5 Å². The van der Waals surface area contributed by atoms with Crippen molar-refractivity contribution in [2.75, 3.05) is 5.32 Å². The molecule has 0 bridgehead atoms. The molecule has 0 saturated heterocycles. The fourth-order valence-corrected chi connectivity index (χ4v) is 1.40. The zero-order valence-electron chi connectivity index (χ0n) is 10.6. The Hall–Kier alpha value is -2.57. The van der Waals surface area contributed by atoms with Crippen LogP contribution in [0.15, 0.2) is 30.5 Å². The SMILES string of the molecule is CC(=O)Nc1nc(OCc2ccc(F)cc2)ncc1F. The first kappa shape index (κ1) is 13.9. The van der Waals surface area contributed by atoms with Crippen molar-refractivity contribution in [3.05, 3.63) is 47.7 Å². The minimum Gasteiger partial charge on any atom is -0.459 e. The van der Waals surface area contributed by atoms with E-state index in [2.05, 4.69) is 15.3 Å². The van der Waals surface area contributed by atoms with E-state index in [0.717, 1.165) is 6.20 Å². The summed E-state index contributed by atoms with van der Waals surface area (Å²) in [6.45, 7) is 1.34. The quantitative estimate of drug-likeness (QED) is 0.932. The number of hydrogen-bond donors (Lipinski definition) is 1. The normalized spacial score (nSPS) is 10.2. The van der Waals surface area contributed by atoms with Crippen LogP contribution in [0.2, 0.25) is 0 Å². The number of rotatable bonds is 4. The Bertz CT molecular complexity index is 618. The smallest absolute Gasteiger partial charge is 0.318 e. The molecule has 7 heteroatoms. The maximum Gasteiger partial charge on any atom is 0.318 e. The third-order valence-corrected chi connectivity index (χ3v) is 2.30. The minimum absolute atomic E-state index is 0.0838. The Morgan fingerprint density at radius 1 is 1.30 bits per heavy atom. The lowest BCUT2D eigenvalue weighted by atomic mass is 10.2. The molecule has 0 atom stereocenters. The Morgan fingerprint density at radius 2 is 2.00 bits per heavy atom. The van der Waals surface area contributed by atoms with E-state index < -0.39 is 11.7 Å². The van der Waals surface area contributed by atoms with Gasteiger partial charge in [0, 0.05) is 6.92 Å². The molecule has 20 heavy (non-hydrogen) atoms. The number of hydrogen-bond acceptors (Lipinski definition) is 4. The lowest BCUT2D eigenvalue weighted by Gasteiger charge is -2.07. The number of carbonyl (C=O) groups is 1. The molecule has 1 heterocycles. The maximum absolute atomic E-state index is 13.3. The first-order valence-electron chi connectivity index (χ1n) is 5.72. The van der Waals surface area contributed by atoms with Crippen LogP contribution in [0.25, 0.3) is 0 Å². The van der Waals surface area contributed by atoms with Gasteiger partial charge in [0.05, 0.1) is 6.20 Å². The van der Waals surface area contributed by atoms with Gasteiger partial charge in [-0.05, 0) is 17.7 Å². The summed E-state index contributed by atoms with van der Waals surface area (Å²) in [5.74, 6) is -1.80. The number of halogens is 2. The van der Waals surface area contributed by atoms with E-state index in [9.17, 15) is 13.6 Å². The minimum atomic E-state index is -0.755. The molecule has 0 saturated carbocycles. The average Bonchev–Trinajstić information content (AvgIpc) is 2.41. The molecule has 0 aliphatic heterocycles. The van der Waals surface area contributed by atoms with E-state index in [-0.39, 0.29) is 24.3 Å². The summed E-state index contributed by atoms with van der Waals surface area (Å²) >= 11 is 0. The highest BCUT2D eigenvalue weighted by Gasteiger charge is 2.09. The molecule has 2 rings (SSSR count). The van der Waals surface area contributed by atoms with Gasteiger partial charge in [-0.3, -0.25) is 4.79 Å². The van der Waals surface area contributed by atoms with E-state index in [4.69, 9.17) is 4.74 Å². The van der Waals surface area contributed by atoms with Gasteiger partial charge in [-0.15, -0.1) is 0 Å². The highest BCUT2D eigenvalue weighted by molar-refractivity contribution is 5.87. The van der Waals surface area contributed by atoms with Crippen LogP contribution in [0.1, 0.15) is 12.5 Å². The number of amides is 1. The van der Waals surface area contributed by atoms with Gasteiger partial charge in [0.15, 0.2) is 11.6 Å². The van der Waals surface area contributed by atoms with Crippen LogP contribution in [0.3, 0.4) is 0 Å². The molecule has 1 amide bonds. The molecule has 0 unspecified atom stereocenters. The van der Waals surface area contributed by atoms with Crippen molar-refractivity contribution in [1.29, 1.82) is 0 Å². The molecule has 1 aromatic heterocycles. The van der Waals surface area contributed by atoms with E-state index in [1.54, 1.807) is 12.1 Å². The summed E-state index contributed by atoms with van der Waals surface area (Å²) in [5, 5.41) is 2.22. The molecule has 1 aromatic carbocycles. The van der Waals surface area contributed by atoms with Crippen LogP contribution in [0.4, 0.5) is 14.6 Å². The number of carbonyl (C=O) groups excluding carboxylic acids is 1. The van der Waals surface area contributed by atoms with E-state index in [1.165, 1.54) is 19.1 Å². The van der Waals surface area contributed by atoms with E-state index in [0.29, 0.717) is 5.56 Å². The second kappa shape index (κ2) is 6.05. The van der Waals surface area contributed by atoms with Crippen LogP contribution in [-0.4, -0.2) is 15.9 Å². The summed E-state index contributed by atoms with van der Waals surface area (Å²) in [7, 11) is 0. The third kappa shape index (κ3) is 3.71. The van der Waals surface area contributed by atoms with Gasteiger partial charge in [0.25, 0.3) is 0 Å². The highest BCUT2D eigenvalue weighted by atomic mass is 19.1. The number of benzene rings is 1. The van der Waals surface area contributed by atoms with Gasteiger partial charge in [0.2, 0.25) is 5.91 Å². The third-order valence-electron chi connectivity index (χ3n) is 2.30. The van der Waals surface area contributed by atoms with Crippen LogP contribution >= 0.6 is 0 Å². The molecule has 2 aromatic rings. The predicted octanol–water partition coefficient (Wildman–Crippen LogP) is 2.29. The molecule has 0 aliphatic carbocycles. The monoisotopic (exact) mass is 279 g/mol. The first-order chi connectivity index (χ1) is 9.54. The maximum atomic E-state index is 13.3. The van der Waals surface area contributed by atoms with Crippen LogP contribution in [0, 0.1) is 11.6 Å². The van der Waals surface area contributed by atoms with Gasteiger partial charge >= 0.3 is 6.01 Å². The predicted molar refractivity (Wildman–Crippen MR) is 67.0 cm³/mol. The molecule has 0 radical (unpaired) electrons. The molecule has 5 nitrogen and oxygen atoms in total. The van der Waals surface area contributed by atoms with Gasteiger partial charge in [-0.25, -0.2) is 13.8 Å². The average molecular weight is 279 g/mol. The lowest BCUT2D eigenvalue weighted by molar-refractivity contribution is -0.114. The first-order valence-corrected chi connectivity index (χ1v) is 5.72. The van der Waals surface area contributed by atoms with Crippen molar-refractivity contribution in [3.8, 4) is 6.01 Å². The Balaban J connectivity index is 2.06. The molecular formula is C13H11F2N3O2. The van der Waals surface area contributed by atoms with Crippen LogP contribution in [0.5, 0.6) is 6.01 Å². The summed E-state index contributed by atoms with van der Waals surface area (Å²) in [4.78, 5) is 18.2. The fourth-order valence-electron chi connectivity index (χ4n) is 1.40. The standard InChI is InChI=1S/C13H11F2N3O2/c1-8(19)17-12-11(15)6-16-13(18-12)20-7-9-2-4-10(14)5-3-9/h2-6H,7H2,1H3,(H,16,17,18,19). The van der Waals surface area contributed by atoms with Crippen LogP contribution < -0.4 is 10.1 Å². The van der Waals surface area contributed by atoms with Gasteiger partial charge in [0.1, 0.15) is 12.4 Å². The van der Waals surface area contributed by atoms with Gasteiger partial charge in [-0.1, -0.05) is 12.1 Å². The van der Waals surface area contributed by atoms with Crippen molar-refractivity contribution in [2.24, 2.45) is 0 Å². The number of nitrogens with zero attached hydrogens (tertiary/aromatic N) is 2. The highest BCUT2D eigenvalue weighted by Crippen LogP contribution is 2.14. The number of anilines is 1. The molecule has 0 aliphatic rings. The van der Waals surface area contributed by atoms with E-state index in [1.807, 2.05) is 0 Å². The Labute approximate surface area is 113 Å². The molecule has 0 spiro atoms. The largest absolute Gasteiger partial charge is 0.459 e. The van der Waals surface area contributed by atoms with Gasteiger partial charge in [-0.2, -0.15) is 4.98 Å². The summed E-state index contributed by atoms with van der Waals surface area (Å²) < 4.78 is 31.3. The summed E-state index contributed by atoms with van der Waals surface area (Å²) in [6.07, 6.45) is 0.901. The zero-order chi connectivity index (χ0) is 14.5. The zero-order valence-corrected chi connectivity index (χ0v) is 10.6. The lowest BCUT2D eigenvalue weighted by Crippen LogP contribution is -2.11. The Morgan fingerprint density at radius 3 is 2.65 bits per heavy atom. The van der Waals surface area contributed by atoms with E-state index >= 15 is 0 Å². The molecular weight excluding hydrogens is 268 g/mol. The Kier molecular flexibility index (Phi) is 4.19. The number of nitrogens with one attached hydrogen (secondary N) is 1. The number of aromatic nitrogens is 2. The number of ether oxygens (including phenoxy) is 1. The topological polar surface area (TPSA) is 64.1 Å². The second-order valence-electron chi connectivity index (χ2n) is 3.95. The van der Waals surface area contributed by atoms with Crippen molar-refractivity contribution >= 4 is 11.7 Å². The van der Waals surface area contributed by atoms with Crippen molar-refractivity contribution in [3.63, 3.8) is 0 Å². The van der Waals surface area contributed by atoms with Crippen molar-refractivity contribution < 1.29 is 18.3 Å². The van der Waals surface area contributed by atoms with Crippen LogP contribution in [-0.2, 0) is 11.4 Å². The molecule has 104 valence electrons. The second-order valence-corrected chi connectivity index (χ2v) is 3.95. The summed E-state index contributed by atoms with van der Waals surface area (Å²) in [5.41, 5.74) is 0.709. The van der Waals surface area contributed by atoms with Crippen molar-refractivity contribution in [1.82, 2.24) is 9.97 Å². The molecule has 0 fully saturated rings.